The molecular formula is C12H21N5O. The zero-order valence-corrected chi connectivity index (χ0v) is 11.3. The van der Waals surface area contributed by atoms with Gasteiger partial charge in [-0.3, -0.25) is 9.48 Å². The van der Waals surface area contributed by atoms with Crippen LogP contribution in [-0.2, 0) is 11.8 Å². The molecule has 100 valence electrons. The second kappa shape index (κ2) is 5.39. The Labute approximate surface area is 108 Å². The molecule has 6 nitrogen and oxygen atoms in total. The van der Waals surface area contributed by atoms with Crippen LogP contribution >= 0.6 is 0 Å². The Morgan fingerprint density at radius 3 is 2.56 bits per heavy atom. The molecule has 0 unspecified atom stereocenters. The second-order valence-electron chi connectivity index (χ2n) is 4.84. The number of hydrogen-bond acceptors (Lipinski definition) is 4. The number of likely N-dealkylation sites (N-methyl/N-ethyl adjacent to an activating group) is 1. The summed E-state index contributed by atoms with van der Waals surface area (Å²) in [6, 6.07) is 0. The number of aromatic nitrogens is 2. The number of carbonyl (C=O) groups is 1. The molecule has 1 aliphatic rings. The Morgan fingerprint density at radius 1 is 1.33 bits per heavy atom. The van der Waals surface area contributed by atoms with Gasteiger partial charge in [0.2, 0.25) is 5.91 Å². The van der Waals surface area contributed by atoms with Gasteiger partial charge in [-0.15, -0.1) is 0 Å². The third kappa shape index (κ3) is 3.01. The fourth-order valence-electron chi connectivity index (χ4n) is 2.11. The van der Waals surface area contributed by atoms with E-state index in [9.17, 15) is 4.79 Å². The lowest BCUT2D eigenvalue weighted by atomic mass is 10.3. The van der Waals surface area contributed by atoms with Crippen LogP contribution in [0.4, 0.5) is 5.69 Å². The highest BCUT2D eigenvalue weighted by Gasteiger charge is 2.18. The van der Waals surface area contributed by atoms with E-state index in [1.807, 2.05) is 25.1 Å². The van der Waals surface area contributed by atoms with E-state index >= 15 is 0 Å². The molecule has 0 spiro atoms. The first-order valence-electron chi connectivity index (χ1n) is 6.26. The molecule has 1 amide bonds. The average Bonchev–Trinajstić information content (AvgIpc) is 2.66. The van der Waals surface area contributed by atoms with E-state index in [2.05, 4.69) is 22.4 Å². The minimum atomic E-state index is 0.159. The zero-order chi connectivity index (χ0) is 13.1. The molecule has 0 bridgehead atoms. The number of rotatable bonds is 3. The maximum atomic E-state index is 12.0. The Hall–Kier alpha value is -1.56. The predicted molar refractivity (Wildman–Crippen MR) is 70.5 cm³/mol. The Bertz CT molecular complexity index is 420. The molecule has 0 atom stereocenters. The second-order valence-corrected chi connectivity index (χ2v) is 4.84. The van der Waals surface area contributed by atoms with Crippen LogP contribution in [0.3, 0.4) is 0 Å². The van der Waals surface area contributed by atoms with Crippen LogP contribution in [0.25, 0.3) is 0 Å². The van der Waals surface area contributed by atoms with Crippen LogP contribution < -0.4 is 5.32 Å². The minimum absolute atomic E-state index is 0.159. The molecule has 1 fully saturated rings. The molecule has 1 aromatic rings. The van der Waals surface area contributed by atoms with E-state index in [4.69, 9.17) is 0 Å². The van der Waals surface area contributed by atoms with Crippen LogP contribution in [-0.4, -0.2) is 65.3 Å². The van der Waals surface area contributed by atoms with Crippen LogP contribution in [0.15, 0.2) is 6.20 Å². The maximum Gasteiger partial charge on any atom is 0.241 e. The number of nitrogens with one attached hydrogen (secondary N) is 1. The summed E-state index contributed by atoms with van der Waals surface area (Å²) in [6.45, 7) is 5.83. The van der Waals surface area contributed by atoms with E-state index in [-0.39, 0.29) is 5.91 Å². The van der Waals surface area contributed by atoms with E-state index in [1.54, 1.807) is 4.68 Å². The topological polar surface area (TPSA) is 53.4 Å². The third-order valence-electron chi connectivity index (χ3n) is 3.30. The Balaban J connectivity index is 1.83. The van der Waals surface area contributed by atoms with Gasteiger partial charge in [0.25, 0.3) is 0 Å². The van der Waals surface area contributed by atoms with Crippen LogP contribution in [0.5, 0.6) is 0 Å². The number of amides is 1. The van der Waals surface area contributed by atoms with Crippen LogP contribution in [0.2, 0.25) is 0 Å². The molecule has 18 heavy (non-hydrogen) atoms. The summed E-state index contributed by atoms with van der Waals surface area (Å²) in [5, 5.41) is 7.39. The summed E-state index contributed by atoms with van der Waals surface area (Å²) in [7, 11) is 3.96. The quantitative estimate of drug-likeness (QED) is 0.816. The summed E-state index contributed by atoms with van der Waals surface area (Å²) < 4.78 is 1.75. The van der Waals surface area contributed by atoms with Gasteiger partial charge in [0.15, 0.2) is 0 Å². The summed E-state index contributed by atoms with van der Waals surface area (Å²) in [4.78, 5) is 16.2. The van der Waals surface area contributed by atoms with E-state index in [0.29, 0.717) is 6.54 Å². The fourth-order valence-corrected chi connectivity index (χ4v) is 2.11. The van der Waals surface area contributed by atoms with Crippen molar-refractivity contribution in [2.45, 2.75) is 6.92 Å². The third-order valence-corrected chi connectivity index (χ3v) is 3.30. The normalized spacial score (nSPS) is 16.9. The standard InChI is InChI=1S/C12H21N5O/c1-10-11(9-16(3)14-10)13-8-12(18)17-6-4-15(2)5-7-17/h9,13H,4-8H2,1-3H3. The predicted octanol–water partition coefficient (Wildman–Crippen LogP) is -0.0856. The number of aryl methyl sites for hydroxylation is 2. The van der Waals surface area contributed by atoms with Crippen molar-refractivity contribution in [3.63, 3.8) is 0 Å². The van der Waals surface area contributed by atoms with Crippen molar-refractivity contribution >= 4 is 11.6 Å². The molecule has 2 heterocycles. The van der Waals surface area contributed by atoms with E-state index < -0.39 is 0 Å². The lowest BCUT2D eigenvalue weighted by Crippen LogP contribution is -2.48. The van der Waals surface area contributed by atoms with Gasteiger partial charge in [-0.25, -0.2) is 0 Å². The highest BCUT2D eigenvalue weighted by atomic mass is 16.2. The molecule has 2 rings (SSSR count). The zero-order valence-electron chi connectivity index (χ0n) is 11.3. The van der Waals surface area contributed by atoms with Crippen molar-refractivity contribution in [1.29, 1.82) is 0 Å². The molecule has 0 saturated carbocycles. The lowest BCUT2D eigenvalue weighted by molar-refractivity contribution is -0.130. The first-order valence-corrected chi connectivity index (χ1v) is 6.26. The van der Waals surface area contributed by atoms with Crippen molar-refractivity contribution in [2.24, 2.45) is 7.05 Å². The van der Waals surface area contributed by atoms with Gasteiger partial charge in [0.05, 0.1) is 17.9 Å². The van der Waals surface area contributed by atoms with Crippen molar-refractivity contribution < 1.29 is 4.79 Å². The monoisotopic (exact) mass is 251 g/mol. The summed E-state index contributed by atoms with van der Waals surface area (Å²) >= 11 is 0. The van der Waals surface area contributed by atoms with Crippen molar-refractivity contribution in [3.05, 3.63) is 11.9 Å². The average molecular weight is 251 g/mol. The molecule has 0 aromatic carbocycles. The van der Waals surface area contributed by atoms with Gasteiger partial charge in [0, 0.05) is 39.4 Å². The molecule has 0 aliphatic carbocycles. The van der Waals surface area contributed by atoms with E-state index in [1.165, 1.54) is 0 Å². The van der Waals surface area contributed by atoms with Gasteiger partial charge >= 0.3 is 0 Å². The molecule has 0 radical (unpaired) electrons. The van der Waals surface area contributed by atoms with Crippen LogP contribution in [0.1, 0.15) is 5.69 Å². The largest absolute Gasteiger partial charge is 0.373 e. The van der Waals surface area contributed by atoms with Crippen LogP contribution in [0, 0.1) is 6.92 Å². The summed E-state index contributed by atoms with van der Waals surface area (Å²) in [5.41, 5.74) is 1.85. The van der Waals surface area contributed by atoms with Crippen molar-refractivity contribution in [1.82, 2.24) is 19.6 Å². The molecule has 1 saturated heterocycles. The molecule has 1 N–H and O–H groups in total. The minimum Gasteiger partial charge on any atom is -0.373 e. The van der Waals surface area contributed by atoms with Gasteiger partial charge in [-0.05, 0) is 14.0 Å². The summed E-state index contributed by atoms with van der Waals surface area (Å²) in [5.74, 6) is 0.159. The molecular weight excluding hydrogens is 230 g/mol. The SMILES string of the molecule is Cc1nn(C)cc1NCC(=O)N1CCN(C)CC1. The van der Waals surface area contributed by atoms with E-state index in [0.717, 1.165) is 37.6 Å². The molecule has 1 aromatic heterocycles. The van der Waals surface area contributed by atoms with Gasteiger partial charge < -0.3 is 15.1 Å². The number of carbonyl (C=O) groups excluding carboxylic acids is 1. The molecule has 6 heteroatoms. The first kappa shape index (κ1) is 12.9. The smallest absolute Gasteiger partial charge is 0.241 e. The molecule has 1 aliphatic heterocycles. The maximum absolute atomic E-state index is 12.0. The van der Waals surface area contributed by atoms with Gasteiger partial charge in [-0.1, -0.05) is 0 Å². The fraction of sp³-hybridized carbons (Fsp3) is 0.667. The first-order chi connectivity index (χ1) is 8.56. The highest BCUT2D eigenvalue weighted by Crippen LogP contribution is 2.11. The highest BCUT2D eigenvalue weighted by molar-refractivity contribution is 5.81. The summed E-state index contributed by atoms with van der Waals surface area (Å²) in [6.07, 6.45) is 1.90. The number of anilines is 1. The number of hydrogen-bond donors (Lipinski definition) is 1. The lowest BCUT2D eigenvalue weighted by Gasteiger charge is -2.32. The van der Waals surface area contributed by atoms with Gasteiger partial charge in [0.1, 0.15) is 0 Å². The van der Waals surface area contributed by atoms with Crippen molar-refractivity contribution in [2.75, 3.05) is 45.1 Å². The number of piperazine rings is 1. The van der Waals surface area contributed by atoms with Gasteiger partial charge in [-0.2, -0.15) is 5.10 Å². The number of nitrogens with zero attached hydrogens (tertiary/aromatic N) is 4. The Morgan fingerprint density at radius 2 is 2.00 bits per heavy atom. The van der Waals surface area contributed by atoms with Crippen molar-refractivity contribution in [3.8, 4) is 0 Å². The Kier molecular flexibility index (Phi) is 3.86.